The van der Waals surface area contributed by atoms with Gasteiger partial charge in [0.1, 0.15) is 17.9 Å². The van der Waals surface area contributed by atoms with Gasteiger partial charge in [-0.15, -0.1) is 0 Å². The Morgan fingerprint density at radius 1 is 1.36 bits per heavy atom. The molecule has 1 amide bonds. The molecule has 0 radical (unpaired) electrons. The molecule has 3 aromatic rings. The van der Waals surface area contributed by atoms with E-state index in [1.165, 1.54) is 47.9 Å². The van der Waals surface area contributed by atoms with Crippen LogP contribution in [0.25, 0.3) is 11.2 Å². The summed E-state index contributed by atoms with van der Waals surface area (Å²) >= 11 is 9.06. The van der Waals surface area contributed by atoms with Crippen LogP contribution in [0.5, 0.6) is 5.75 Å². The molecule has 2 N–H and O–H groups in total. The number of benzene rings is 1. The predicted molar refractivity (Wildman–Crippen MR) is 107 cm³/mol. The first kappa shape index (κ1) is 19.8. The lowest BCUT2D eigenvalue weighted by Gasteiger charge is -2.08. The maximum atomic E-state index is 12.2. The Morgan fingerprint density at radius 3 is 2.79 bits per heavy atom. The predicted octanol–water partition coefficient (Wildman–Crippen LogP) is 0.705. The highest BCUT2D eigenvalue weighted by atomic mass is 79.9. The van der Waals surface area contributed by atoms with Gasteiger partial charge in [0.05, 0.1) is 17.0 Å². The number of aromatic hydroxyl groups is 1. The number of phenolic OH excluding ortho intramolecular Hbond substituents is 1. The first-order valence-corrected chi connectivity index (χ1v) is 8.98. The van der Waals surface area contributed by atoms with Crippen molar-refractivity contribution >= 4 is 50.8 Å². The van der Waals surface area contributed by atoms with E-state index in [9.17, 15) is 19.5 Å². The first-order chi connectivity index (χ1) is 13.2. The minimum Gasteiger partial charge on any atom is -0.506 e. The number of nitrogens with zero attached hydrogens (tertiary/aromatic N) is 5. The van der Waals surface area contributed by atoms with Crippen LogP contribution >= 0.6 is 27.5 Å². The normalized spacial score (nSPS) is 11.4. The number of nitrogens with one attached hydrogen (secondary N) is 1. The van der Waals surface area contributed by atoms with Crippen LogP contribution in [-0.2, 0) is 25.4 Å². The highest BCUT2D eigenvalue weighted by Crippen LogP contribution is 2.30. The quantitative estimate of drug-likeness (QED) is 0.430. The number of halogens is 2. The number of fused-ring (bicyclic) bond motifs is 1. The van der Waals surface area contributed by atoms with E-state index in [-0.39, 0.29) is 23.5 Å². The Bertz CT molecular complexity index is 1240. The van der Waals surface area contributed by atoms with Crippen molar-refractivity contribution in [1.29, 1.82) is 0 Å². The largest absolute Gasteiger partial charge is 0.506 e. The van der Waals surface area contributed by atoms with Crippen molar-refractivity contribution in [2.24, 2.45) is 19.2 Å². The van der Waals surface area contributed by atoms with Crippen LogP contribution in [0.15, 0.2) is 37.6 Å². The fourth-order valence-corrected chi connectivity index (χ4v) is 3.44. The van der Waals surface area contributed by atoms with Gasteiger partial charge in [-0.1, -0.05) is 11.6 Å². The van der Waals surface area contributed by atoms with Gasteiger partial charge in [0.2, 0.25) is 0 Å². The molecule has 0 aliphatic carbocycles. The highest BCUT2D eigenvalue weighted by Gasteiger charge is 2.15. The van der Waals surface area contributed by atoms with E-state index < -0.39 is 17.2 Å². The van der Waals surface area contributed by atoms with Gasteiger partial charge in [-0.3, -0.25) is 18.7 Å². The fraction of sp³-hybridized carbons (Fsp3) is 0.188. The molecule has 10 nitrogen and oxygen atoms in total. The van der Waals surface area contributed by atoms with E-state index >= 15 is 0 Å². The lowest BCUT2D eigenvalue weighted by molar-refractivity contribution is -0.121. The molecule has 3 rings (SSSR count). The van der Waals surface area contributed by atoms with E-state index in [0.29, 0.717) is 15.1 Å². The van der Waals surface area contributed by atoms with Crippen molar-refractivity contribution in [3.8, 4) is 5.75 Å². The molecule has 12 heteroatoms. The van der Waals surface area contributed by atoms with Crippen molar-refractivity contribution in [2.75, 3.05) is 0 Å². The summed E-state index contributed by atoms with van der Waals surface area (Å²) in [5.74, 6) is -0.599. The summed E-state index contributed by atoms with van der Waals surface area (Å²) in [5, 5.41) is 14.1. The van der Waals surface area contributed by atoms with Gasteiger partial charge in [0.25, 0.3) is 11.5 Å². The van der Waals surface area contributed by atoms with Crippen LogP contribution in [0.2, 0.25) is 5.02 Å². The molecule has 1 aromatic carbocycles. The van der Waals surface area contributed by atoms with Crippen molar-refractivity contribution in [3.05, 3.63) is 54.4 Å². The van der Waals surface area contributed by atoms with Crippen LogP contribution in [0.4, 0.5) is 0 Å². The maximum absolute atomic E-state index is 12.2. The Labute approximate surface area is 170 Å². The van der Waals surface area contributed by atoms with Gasteiger partial charge in [0, 0.05) is 24.7 Å². The number of hydrogen-bond donors (Lipinski definition) is 2. The Kier molecular flexibility index (Phi) is 5.38. The van der Waals surface area contributed by atoms with Crippen LogP contribution in [0, 0.1) is 0 Å². The minimum atomic E-state index is -0.544. The molecule has 28 heavy (non-hydrogen) atoms. The van der Waals surface area contributed by atoms with Crippen molar-refractivity contribution < 1.29 is 9.90 Å². The third-order valence-electron chi connectivity index (χ3n) is 3.97. The van der Waals surface area contributed by atoms with E-state index in [1.54, 1.807) is 0 Å². The molecule has 0 saturated carbocycles. The van der Waals surface area contributed by atoms with Crippen LogP contribution in [0.3, 0.4) is 0 Å². The zero-order valence-electron chi connectivity index (χ0n) is 14.7. The molecule has 2 heterocycles. The molecule has 0 fully saturated rings. The van der Waals surface area contributed by atoms with Crippen LogP contribution in [0.1, 0.15) is 5.56 Å². The van der Waals surface area contributed by atoms with Crippen LogP contribution < -0.4 is 16.7 Å². The van der Waals surface area contributed by atoms with E-state index in [1.807, 2.05) is 0 Å². The fourth-order valence-electron chi connectivity index (χ4n) is 2.60. The highest BCUT2D eigenvalue weighted by molar-refractivity contribution is 9.10. The van der Waals surface area contributed by atoms with Gasteiger partial charge in [-0.2, -0.15) is 5.10 Å². The number of carbonyl (C=O) groups excluding carboxylic acids is 1. The van der Waals surface area contributed by atoms with Crippen LogP contribution in [-0.4, -0.2) is 35.9 Å². The summed E-state index contributed by atoms with van der Waals surface area (Å²) < 4.78 is 3.94. The smallest absolute Gasteiger partial charge is 0.332 e. The number of aryl methyl sites for hydroxylation is 1. The third kappa shape index (κ3) is 3.58. The summed E-state index contributed by atoms with van der Waals surface area (Å²) in [6.45, 7) is -0.223. The zero-order chi connectivity index (χ0) is 20.6. The Morgan fingerprint density at radius 2 is 2.07 bits per heavy atom. The van der Waals surface area contributed by atoms with E-state index in [2.05, 4.69) is 31.4 Å². The van der Waals surface area contributed by atoms with Crippen molar-refractivity contribution in [1.82, 2.24) is 24.1 Å². The van der Waals surface area contributed by atoms with Crippen molar-refractivity contribution in [2.45, 2.75) is 6.54 Å². The van der Waals surface area contributed by atoms with Gasteiger partial charge >= 0.3 is 5.69 Å². The van der Waals surface area contributed by atoms with Gasteiger partial charge < -0.3 is 9.67 Å². The Balaban J connectivity index is 1.81. The zero-order valence-corrected chi connectivity index (χ0v) is 17.0. The van der Waals surface area contributed by atoms with Gasteiger partial charge in [0.15, 0.2) is 5.52 Å². The maximum Gasteiger partial charge on any atom is 0.332 e. The summed E-state index contributed by atoms with van der Waals surface area (Å²) in [4.78, 5) is 40.4. The first-order valence-electron chi connectivity index (χ1n) is 7.81. The van der Waals surface area contributed by atoms with E-state index in [0.717, 1.165) is 4.57 Å². The molecule has 0 aliphatic heterocycles. The number of hydrazone groups is 1. The summed E-state index contributed by atoms with van der Waals surface area (Å²) in [6, 6.07) is 3.00. The lowest BCUT2D eigenvalue weighted by atomic mass is 10.2. The average molecular weight is 470 g/mol. The molecule has 0 spiro atoms. The summed E-state index contributed by atoms with van der Waals surface area (Å²) in [6.07, 6.45) is 2.54. The Hall–Kier alpha value is -2.92. The second-order valence-electron chi connectivity index (χ2n) is 5.87. The van der Waals surface area contributed by atoms with Gasteiger partial charge in [-0.25, -0.2) is 15.2 Å². The van der Waals surface area contributed by atoms with Gasteiger partial charge in [-0.05, 0) is 28.1 Å². The third-order valence-corrected chi connectivity index (χ3v) is 4.80. The number of amides is 1. The SMILES string of the molecule is Cn1c(=O)c2ncn(CC(=O)N/N=C/c3cc(Cl)cc(Br)c3O)c2n(C)c1=O. The number of hydrogen-bond acceptors (Lipinski definition) is 6. The second-order valence-corrected chi connectivity index (χ2v) is 7.16. The molecule has 0 atom stereocenters. The molecule has 0 saturated heterocycles. The molecule has 0 aliphatic rings. The second kappa shape index (κ2) is 7.60. The number of phenols is 1. The molecule has 146 valence electrons. The standard InChI is InChI=1S/C16H14BrClN6O4/c1-22-14-12(15(27)23(2)16(22)28)19-7-24(14)6-11(25)21-20-5-8-3-9(18)4-10(17)13(8)26/h3-5,7,26H,6H2,1-2H3,(H,21,25)/b20-5+. The minimum absolute atomic E-state index is 0.0751. The molecular formula is C16H14BrClN6O4. The lowest BCUT2D eigenvalue weighted by Crippen LogP contribution is -2.37. The van der Waals surface area contributed by atoms with Crippen molar-refractivity contribution in [3.63, 3.8) is 0 Å². The number of carbonyl (C=O) groups is 1. The van der Waals surface area contributed by atoms with E-state index in [4.69, 9.17) is 11.6 Å². The number of rotatable bonds is 4. The number of aromatic nitrogens is 4. The number of imidazole rings is 1. The average Bonchev–Trinajstić information content (AvgIpc) is 3.05. The molecule has 0 unspecified atom stereocenters. The summed E-state index contributed by atoms with van der Waals surface area (Å²) in [7, 11) is 2.84. The topological polar surface area (TPSA) is 124 Å². The molecule has 0 bridgehead atoms. The monoisotopic (exact) mass is 468 g/mol. The summed E-state index contributed by atoms with van der Waals surface area (Å²) in [5.41, 5.74) is 1.84. The molecular weight excluding hydrogens is 456 g/mol. The molecule has 2 aromatic heterocycles.